The number of aliphatic carboxylic acids is 1. The van der Waals surface area contributed by atoms with Gasteiger partial charge in [0.05, 0.1) is 65.9 Å². The molecule has 532 valence electrons. The topological polar surface area (TPSA) is 493 Å². The molecule has 39 heteroatoms. The average Bonchev–Trinajstić information content (AvgIpc) is 0.844. The Kier molecular flexibility index (Phi) is 44.5. The van der Waals surface area contributed by atoms with Gasteiger partial charge in [0.2, 0.25) is 27.2 Å². The second-order valence-corrected chi connectivity index (χ2v) is 17.3. The van der Waals surface area contributed by atoms with Crippen LogP contribution in [0.2, 0.25) is 0 Å². The predicted octanol–water partition coefficient (Wildman–Crippen LogP) is 2.57. The number of rotatable bonds is 36. The largest absolute Gasteiger partial charge is 0.480 e. The third-order valence-corrected chi connectivity index (χ3v) is 10.1. The van der Waals surface area contributed by atoms with Crippen molar-refractivity contribution in [2.24, 2.45) is 0 Å². The Morgan fingerprint density at radius 1 is 0.453 bits per heavy atom. The minimum absolute atomic E-state index is 0. The first-order valence-electron chi connectivity index (χ1n) is 26.2. The van der Waals surface area contributed by atoms with E-state index < -0.39 is 160 Å². The second-order valence-electron chi connectivity index (χ2n) is 17.3. The number of Topliss-reactive ketones (excluding diaryl/α,β-unsaturated/α-hetero) is 1. The van der Waals surface area contributed by atoms with Crippen LogP contribution >= 0.6 is 0 Å². The number of nitrogens with zero attached hydrogens (tertiary/aromatic N) is 5. The fraction of sp³-hybridized carbons (Fsp3) is 0.429. The van der Waals surface area contributed by atoms with E-state index >= 15 is 0 Å². The number of carbonyl (C=O) groups is 13. The van der Waals surface area contributed by atoms with Crippen LogP contribution in [0.15, 0.2) is 54.6 Å². The number of nitrogen functional groups attached to an aromatic ring is 1. The molecular formula is C56H75N6O32Pd-. The van der Waals surface area contributed by atoms with Gasteiger partial charge in [0.1, 0.15) is 55.8 Å². The summed E-state index contributed by atoms with van der Waals surface area (Å²) in [6.45, 7) is 2.04. The van der Waals surface area contributed by atoms with Crippen molar-refractivity contribution in [2.45, 2.75) is 55.9 Å². The number of nitro benzene ring substituents is 2. The number of nitro groups is 2. The van der Waals surface area contributed by atoms with Gasteiger partial charge in [0.15, 0.2) is 19.8 Å². The molecule has 3 aromatic carbocycles. The van der Waals surface area contributed by atoms with Crippen molar-refractivity contribution in [3.8, 4) is 17.2 Å². The number of non-ortho nitro benzene ring substituents is 2. The summed E-state index contributed by atoms with van der Waals surface area (Å²) in [6, 6.07) is 11.0. The third kappa shape index (κ3) is 38.5. The smallest absolute Gasteiger partial charge is 0.344 e. The molecule has 0 radical (unpaired) electrons. The summed E-state index contributed by atoms with van der Waals surface area (Å²) in [4.78, 5) is 173. The van der Waals surface area contributed by atoms with Crippen molar-refractivity contribution in [1.82, 2.24) is 0 Å². The van der Waals surface area contributed by atoms with Gasteiger partial charge in [-0.2, -0.15) is 0 Å². The van der Waals surface area contributed by atoms with Crippen LogP contribution in [-0.4, -0.2) is 199 Å². The minimum atomic E-state index is -1.28. The SMILES string of the molecule is C.CCOC(=O)COc1cc(N)ccc1N(CC(=O)OCOC(C)=O)CC(=O)OCOC(C)=O.CCOC(=O)COc1cc([N+](=O)[O-])ccc1N(CC(=O)OCOC(C)=O)CC(=O)OCOC(C)=O.COC(=O)CN(CC(C)=O)c1ccc([N+](=O)[O-])cc1OCC(=O)O.[CH3-].[HH].[Pd]. The molecule has 0 atom stereocenters. The van der Waals surface area contributed by atoms with E-state index in [-0.39, 0.29) is 114 Å². The molecule has 0 heterocycles. The van der Waals surface area contributed by atoms with Gasteiger partial charge < -0.3 is 99.3 Å². The van der Waals surface area contributed by atoms with Crippen molar-refractivity contribution in [1.29, 1.82) is 0 Å². The Hall–Kier alpha value is -11.0. The molecule has 3 aromatic rings. The van der Waals surface area contributed by atoms with Gasteiger partial charge in [0, 0.05) is 73.4 Å². The fourth-order valence-corrected chi connectivity index (χ4v) is 6.40. The van der Waals surface area contributed by atoms with Crippen LogP contribution in [0.25, 0.3) is 0 Å². The zero-order valence-corrected chi connectivity index (χ0v) is 53.6. The molecule has 0 aromatic heterocycles. The van der Waals surface area contributed by atoms with Crippen molar-refractivity contribution in [3.05, 3.63) is 82.3 Å². The number of ether oxygens (including phenoxy) is 14. The molecule has 0 aliphatic carbocycles. The van der Waals surface area contributed by atoms with Crippen molar-refractivity contribution in [3.63, 3.8) is 0 Å². The summed E-state index contributed by atoms with van der Waals surface area (Å²) in [5, 5.41) is 30.8. The van der Waals surface area contributed by atoms with E-state index in [1.54, 1.807) is 13.8 Å². The van der Waals surface area contributed by atoms with E-state index in [0.717, 1.165) is 56.9 Å². The molecule has 3 N–H and O–H groups in total. The zero-order valence-electron chi connectivity index (χ0n) is 52.0. The minimum Gasteiger partial charge on any atom is -0.480 e. The Morgan fingerprint density at radius 2 is 0.747 bits per heavy atom. The van der Waals surface area contributed by atoms with Crippen LogP contribution < -0.4 is 34.6 Å². The normalized spacial score (nSPS) is 9.60. The summed E-state index contributed by atoms with van der Waals surface area (Å²) >= 11 is 0. The summed E-state index contributed by atoms with van der Waals surface area (Å²) < 4.78 is 67.3. The van der Waals surface area contributed by atoms with Gasteiger partial charge >= 0.3 is 71.6 Å². The quantitative estimate of drug-likeness (QED) is 0.0123. The fourth-order valence-electron chi connectivity index (χ4n) is 6.40. The number of carbonyl (C=O) groups excluding carboxylic acids is 12. The summed E-state index contributed by atoms with van der Waals surface area (Å²) in [7, 11) is 1.17. The standard InChI is InChI=1S/C20H24N2O13.C20H26N2O11.C14H16N2O8.CH4.CH3.Pd.H2/c1-4-30-20(27)10-31-17-7-15(22(28)29)5-6-16(17)21(8-18(25)34-11-32-13(2)23)9-19(26)35-12-33-14(3)24;1-4-28-20(27)10-29-17-7-15(21)5-6-16(17)22(8-18(25)32-11-30-13(2)23)9-19(26)33-12-31-14(3)24;1-9(17)6-15(7-14(20)23-2)11-4-3-10(16(21)22)5-12(11)24-8-13(18)19;;;;/h5-7H,4,8-12H2,1-3H3;5-7H,4,8-12,21H2,1-3H3;3-5H,6-8H2,1-2H3,(H,18,19);1H4;1H3;;1H/q;;;;-1;;. The Morgan fingerprint density at radius 3 is 1.03 bits per heavy atom. The van der Waals surface area contributed by atoms with Crippen molar-refractivity contribution >= 4 is 112 Å². The number of carboxylic acid groups (broad SMARTS) is 1. The van der Waals surface area contributed by atoms with E-state index in [1.165, 1.54) is 54.2 Å². The molecular weight excluding hydrogens is 1380 g/mol. The first-order chi connectivity index (χ1) is 43.4. The Balaban J connectivity index is -0.000000658. The monoisotopic (exact) mass is 1450 g/mol. The van der Waals surface area contributed by atoms with Gasteiger partial charge in [-0.25, -0.2) is 14.4 Å². The van der Waals surface area contributed by atoms with Crippen LogP contribution in [0.1, 0.15) is 57.3 Å². The number of carboxylic acids is 1. The molecule has 38 nitrogen and oxygen atoms in total. The van der Waals surface area contributed by atoms with E-state index in [2.05, 4.69) is 23.7 Å². The molecule has 0 amide bonds. The van der Waals surface area contributed by atoms with Gasteiger partial charge in [-0.3, -0.25) is 68.2 Å². The third-order valence-electron chi connectivity index (χ3n) is 10.1. The van der Waals surface area contributed by atoms with Crippen LogP contribution in [-0.2, 0) is 135 Å². The summed E-state index contributed by atoms with van der Waals surface area (Å²) in [5.41, 5.74) is 5.70. The van der Waals surface area contributed by atoms with Crippen LogP contribution in [0.3, 0.4) is 0 Å². The van der Waals surface area contributed by atoms with Crippen LogP contribution in [0.5, 0.6) is 17.2 Å². The number of ketones is 1. The number of methoxy groups -OCH3 is 1. The number of esters is 11. The molecule has 0 fully saturated rings. The number of hydrogen-bond acceptors (Lipinski definition) is 35. The second kappa shape index (κ2) is 47.9. The van der Waals surface area contributed by atoms with E-state index in [4.69, 9.17) is 53.5 Å². The molecule has 0 unspecified atom stereocenters. The van der Waals surface area contributed by atoms with Crippen molar-refractivity contribution in [2.75, 3.05) is 127 Å². The first-order valence-corrected chi connectivity index (χ1v) is 26.2. The molecule has 0 saturated carbocycles. The summed E-state index contributed by atoms with van der Waals surface area (Å²) in [5.74, 6) is -10.2. The average molecular weight is 1450 g/mol. The number of anilines is 4. The predicted molar refractivity (Wildman–Crippen MR) is 320 cm³/mol. The number of hydrogen-bond donors (Lipinski definition) is 2. The van der Waals surface area contributed by atoms with Gasteiger partial charge in [0.25, 0.3) is 11.4 Å². The van der Waals surface area contributed by atoms with E-state index in [1.807, 2.05) is 0 Å². The Labute approximate surface area is 557 Å². The maximum absolute atomic E-state index is 12.2. The number of nitrogens with two attached hydrogens (primary N) is 1. The number of benzene rings is 3. The molecule has 95 heavy (non-hydrogen) atoms. The molecule has 0 aliphatic rings. The van der Waals surface area contributed by atoms with Gasteiger partial charge in [-0.15, -0.1) is 0 Å². The summed E-state index contributed by atoms with van der Waals surface area (Å²) in [6.07, 6.45) is 0. The molecule has 0 bridgehead atoms. The maximum Gasteiger partial charge on any atom is 0.344 e. The molecule has 0 spiro atoms. The van der Waals surface area contributed by atoms with Gasteiger partial charge in [-0.05, 0) is 45.0 Å². The van der Waals surface area contributed by atoms with E-state index in [9.17, 15) is 82.6 Å². The van der Waals surface area contributed by atoms with Gasteiger partial charge in [-0.1, -0.05) is 7.43 Å². The zero-order chi connectivity index (χ0) is 69.5. The molecule has 0 aliphatic heterocycles. The Bertz CT molecular complexity index is 3050. The molecule has 0 saturated heterocycles. The molecule has 3 rings (SSSR count). The maximum atomic E-state index is 12.2. The first kappa shape index (κ1) is 88.2. The van der Waals surface area contributed by atoms with Crippen molar-refractivity contribution < 1.29 is 165 Å². The van der Waals surface area contributed by atoms with Crippen LogP contribution in [0.4, 0.5) is 34.1 Å². The van der Waals surface area contributed by atoms with Crippen LogP contribution in [0, 0.1) is 27.7 Å². The van der Waals surface area contributed by atoms with E-state index in [0.29, 0.717) is 0 Å².